The second-order valence-corrected chi connectivity index (χ2v) is 4.83. The summed E-state index contributed by atoms with van der Waals surface area (Å²) in [6.07, 6.45) is 0. The average molecular weight is 294 g/mol. The highest BCUT2D eigenvalue weighted by molar-refractivity contribution is 8.00. The average Bonchev–Trinajstić information content (AvgIpc) is 2.29. The van der Waals surface area contributed by atoms with Crippen molar-refractivity contribution in [2.75, 3.05) is 11.9 Å². The Morgan fingerprint density at radius 1 is 1.42 bits per heavy atom. The molecular weight excluding hydrogens is 281 g/mol. The Morgan fingerprint density at radius 3 is 2.63 bits per heavy atom. The first kappa shape index (κ1) is 15.6. The summed E-state index contributed by atoms with van der Waals surface area (Å²) in [5, 5.41) is 13.5. The van der Waals surface area contributed by atoms with E-state index in [1.165, 1.54) is 24.3 Å². The van der Waals surface area contributed by atoms with E-state index in [1.807, 2.05) is 0 Å². The molecule has 0 fully saturated rings. The molecule has 1 aromatic rings. The number of rotatable bonds is 4. The molecule has 1 rings (SSSR count). The van der Waals surface area contributed by atoms with Gasteiger partial charge in [0.05, 0.1) is 18.3 Å². The number of anilines is 1. The third kappa shape index (κ3) is 5.84. The van der Waals surface area contributed by atoms with Gasteiger partial charge in [0.25, 0.3) is 0 Å². The predicted octanol–water partition coefficient (Wildman–Crippen LogP) is 2.80. The third-order valence-corrected chi connectivity index (χ3v) is 2.82. The number of urea groups is 1. The highest BCUT2D eigenvalue weighted by atomic mass is 32.2. The maximum Gasteiger partial charge on any atom is 0.446 e. The third-order valence-electron chi connectivity index (χ3n) is 2.01. The molecule has 0 spiro atoms. The fourth-order valence-electron chi connectivity index (χ4n) is 1.21. The molecule has 19 heavy (non-hydrogen) atoms. The van der Waals surface area contributed by atoms with Gasteiger partial charge in [-0.25, -0.2) is 4.79 Å². The molecule has 2 amide bonds. The number of alkyl halides is 3. The Balaban J connectivity index is 2.75. The van der Waals surface area contributed by atoms with Gasteiger partial charge in [0.15, 0.2) is 0 Å². The number of thioether (sulfide) groups is 1. The quantitative estimate of drug-likeness (QED) is 0.748. The lowest BCUT2D eigenvalue weighted by Crippen LogP contribution is -2.38. The number of benzene rings is 1. The van der Waals surface area contributed by atoms with Crippen molar-refractivity contribution >= 4 is 23.5 Å². The van der Waals surface area contributed by atoms with E-state index in [9.17, 15) is 18.0 Å². The van der Waals surface area contributed by atoms with Crippen LogP contribution < -0.4 is 10.6 Å². The van der Waals surface area contributed by atoms with Crippen LogP contribution in [0.3, 0.4) is 0 Å². The molecule has 0 aliphatic heterocycles. The Bertz CT molecular complexity index is 440. The van der Waals surface area contributed by atoms with Crippen LogP contribution >= 0.6 is 11.8 Å². The molecule has 0 bridgehead atoms. The number of carbonyl (C=O) groups excluding carboxylic acids is 1. The first-order valence-corrected chi connectivity index (χ1v) is 6.16. The van der Waals surface area contributed by atoms with Crippen LogP contribution in [0, 0.1) is 0 Å². The monoisotopic (exact) mass is 294 g/mol. The van der Waals surface area contributed by atoms with Gasteiger partial charge in [-0.3, -0.25) is 0 Å². The number of halogens is 3. The number of carbonyl (C=O) groups is 1. The van der Waals surface area contributed by atoms with Crippen LogP contribution in [-0.2, 0) is 0 Å². The van der Waals surface area contributed by atoms with E-state index in [0.717, 1.165) is 0 Å². The molecule has 0 saturated heterocycles. The Kier molecular flexibility index (Phi) is 5.49. The summed E-state index contributed by atoms with van der Waals surface area (Å²) in [5.74, 6) is 0. The van der Waals surface area contributed by atoms with Crippen molar-refractivity contribution in [1.29, 1.82) is 0 Å². The van der Waals surface area contributed by atoms with E-state index in [4.69, 9.17) is 5.11 Å². The molecule has 106 valence electrons. The maximum absolute atomic E-state index is 12.3. The lowest BCUT2D eigenvalue weighted by atomic mass is 10.3. The summed E-state index contributed by atoms with van der Waals surface area (Å²) >= 11 is -0.298. The number of aliphatic hydroxyl groups is 1. The molecule has 1 aromatic carbocycles. The lowest BCUT2D eigenvalue weighted by Gasteiger charge is -2.14. The van der Waals surface area contributed by atoms with Gasteiger partial charge in [0.1, 0.15) is 0 Å². The van der Waals surface area contributed by atoms with Crippen LogP contribution in [-0.4, -0.2) is 29.3 Å². The molecule has 0 heterocycles. The number of aliphatic hydroxyl groups excluding tert-OH is 1. The van der Waals surface area contributed by atoms with E-state index >= 15 is 0 Å². The minimum atomic E-state index is -4.42. The fourth-order valence-corrected chi connectivity index (χ4v) is 1.84. The molecule has 0 aromatic heterocycles. The highest BCUT2D eigenvalue weighted by Gasteiger charge is 2.30. The molecule has 1 atom stereocenters. The molecule has 4 nitrogen and oxygen atoms in total. The van der Waals surface area contributed by atoms with Crippen molar-refractivity contribution in [2.24, 2.45) is 0 Å². The van der Waals surface area contributed by atoms with E-state index in [-0.39, 0.29) is 29.0 Å². The van der Waals surface area contributed by atoms with Crippen molar-refractivity contribution in [3.05, 3.63) is 24.3 Å². The molecule has 0 radical (unpaired) electrons. The summed E-state index contributed by atoms with van der Waals surface area (Å²) in [5.41, 5.74) is -4.36. The number of nitrogens with one attached hydrogen (secondary N) is 2. The largest absolute Gasteiger partial charge is 0.446 e. The van der Waals surface area contributed by atoms with Crippen molar-refractivity contribution < 1.29 is 23.1 Å². The molecule has 8 heteroatoms. The molecule has 0 aliphatic rings. The van der Waals surface area contributed by atoms with Crippen LogP contribution in [0.1, 0.15) is 6.92 Å². The zero-order valence-corrected chi connectivity index (χ0v) is 10.8. The maximum atomic E-state index is 12.3. The Morgan fingerprint density at radius 2 is 2.05 bits per heavy atom. The van der Waals surface area contributed by atoms with Crippen molar-refractivity contribution in [2.45, 2.75) is 23.4 Å². The standard InChI is InChI=1S/C11H13F3N2O2S/c1-7(6-17)15-10(18)16-8-4-2-3-5-9(8)19-11(12,13)14/h2-5,7,17H,6H2,1H3,(H2,15,16,18). The molecule has 3 N–H and O–H groups in total. The predicted molar refractivity (Wildman–Crippen MR) is 67.1 cm³/mol. The summed E-state index contributed by atoms with van der Waals surface area (Å²) < 4.78 is 37.0. The summed E-state index contributed by atoms with van der Waals surface area (Å²) in [6, 6.07) is 4.46. The van der Waals surface area contributed by atoms with Gasteiger partial charge < -0.3 is 15.7 Å². The van der Waals surface area contributed by atoms with E-state index in [1.54, 1.807) is 6.92 Å². The molecule has 1 unspecified atom stereocenters. The Labute approximate surface area is 112 Å². The minimum Gasteiger partial charge on any atom is -0.394 e. The number of para-hydroxylation sites is 1. The van der Waals surface area contributed by atoms with Crippen LogP contribution in [0.2, 0.25) is 0 Å². The Hall–Kier alpha value is -1.41. The highest BCUT2D eigenvalue weighted by Crippen LogP contribution is 2.40. The number of hydrogen-bond donors (Lipinski definition) is 3. The normalized spacial score (nSPS) is 12.9. The van der Waals surface area contributed by atoms with Gasteiger partial charge in [-0.2, -0.15) is 13.2 Å². The van der Waals surface area contributed by atoms with Crippen LogP contribution in [0.15, 0.2) is 29.2 Å². The zero-order chi connectivity index (χ0) is 14.5. The SMILES string of the molecule is CC(CO)NC(=O)Nc1ccccc1SC(F)(F)F. The van der Waals surface area contributed by atoms with E-state index < -0.39 is 17.6 Å². The minimum absolute atomic E-state index is 0.0625. The number of hydrogen-bond acceptors (Lipinski definition) is 3. The van der Waals surface area contributed by atoms with Gasteiger partial charge >= 0.3 is 11.5 Å². The first-order chi connectivity index (χ1) is 8.81. The fraction of sp³-hybridized carbons (Fsp3) is 0.364. The molecule has 0 aliphatic carbocycles. The molecular formula is C11H13F3N2O2S. The number of amides is 2. The summed E-state index contributed by atoms with van der Waals surface area (Å²) in [7, 11) is 0. The van der Waals surface area contributed by atoms with Crippen LogP contribution in [0.25, 0.3) is 0 Å². The van der Waals surface area contributed by atoms with E-state index in [0.29, 0.717) is 0 Å². The summed E-state index contributed by atoms with van der Waals surface area (Å²) in [4.78, 5) is 11.4. The van der Waals surface area contributed by atoms with Gasteiger partial charge in [0, 0.05) is 4.90 Å². The van der Waals surface area contributed by atoms with Gasteiger partial charge in [-0.15, -0.1) is 0 Å². The van der Waals surface area contributed by atoms with Crippen LogP contribution in [0.5, 0.6) is 0 Å². The topological polar surface area (TPSA) is 61.4 Å². The second kappa shape index (κ2) is 6.67. The van der Waals surface area contributed by atoms with Gasteiger partial charge in [-0.05, 0) is 30.8 Å². The van der Waals surface area contributed by atoms with Gasteiger partial charge in [-0.1, -0.05) is 12.1 Å². The van der Waals surface area contributed by atoms with Crippen molar-refractivity contribution in [1.82, 2.24) is 5.32 Å². The smallest absolute Gasteiger partial charge is 0.394 e. The van der Waals surface area contributed by atoms with Crippen LogP contribution in [0.4, 0.5) is 23.7 Å². The lowest BCUT2D eigenvalue weighted by molar-refractivity contribution is -0.0328. The van der Waals surface area contributed by atoms with Crippen molar-refractivity contribution in [3.8, 4) is 0 Å². The molecule has 0 saturated carbocycles. The first-order valence-electron chi connectivity index (χ1n) is 5.35. The van der Waals surface area contributed by atoms with E-state index in [2.05, 4.69) is 10.6 Å². The second-order valence-electron chi connectivity index (χ2n) is 3.73. The van der Waals surface area contributed by atoms with Gasteiger partial charge in [0.2, 0.25) is 0 Å². The zero-order valence-electron chi connectivity index (χ0n) is 9.99. The van der Waals surface area contributed by atoms with Crippen molar-refractivity contribution in [3.63, 3.8) is 0 Å². The summed E-state index contributed by atoms with van der Waals surface area (Å²) in [6.45, 7) is 1.31.